The number of ether oxygens (including phenoxy) is 1. The number of hydrogen-bond donors (Lipinski definition) is 2. The molecular weight excluding hydrogens is 551 g/mol. The normalized spacial score (nSPS) is 21.7. The predicted octanol–water partition coefficient (Wildman–Crippen LogP) is 6.11. The fourth-order valence-corrected chi connectivity index (χ4v) is 5.90. The number of carboxylic acid groups (broad SMARTS) is 1. The third kappa shape index (κ3) is 6.94. The van der Waals surface area contributed by atoms with Crippen molar-refractivity contribution in [2.45, 2.75) is 77.9 Å². The summed E-state index contributed by atoms with van der Waals surface area (Å²) in [5.41, 5.74) is 1.05. The number of carbonyl (C=O) groups is 3. The highest BCUT2D eigenvalue weighted by Crippen LogP contribution is 2.49. The molecule has 2 aromatic rings. The van der Waals surface area contributed by atoms with Gasteiger partial charge in [0, 0.05) is 17.7 Å². The smallest absolute Gasteiger partial charge is 0.481 e. The van der Waals surface area contributed by atoms with Crippen LogP contribution >= 0.6 is 0 Å². The average Bonchev–Trinajstić information content (AvgIpc) is 3.18. The first-order chi connectivity index (χ1) is 19.6. The van der Waals surface area contributed by atoms with Crippen LogP contribution in [0.4, 0.5) is 13.2 Å². The van der Waals surface area contributed by atoms with Gasteiger partial charge in [-0.3, -0.25) is 19.4 Å². The molecule has 1 saturated carbocycles. The van der Waals surface area contributed by atoms with Crippen molar-refractivity contribution in [2.24, 2.45) is 16.3 Å². The Hall–Kier alpha value is -3.89. The number of alkyl halides is 3. The van der Waals surface area contributed by atoms with Crippen molar-refractivity contribution < 1.29 is 37.4 Å². The molecule has 2 N–H and O–H groups in total. The van der Waals surface area contributed by atoms with Gasteiger partial charge in [-0.25, -0.2) is 0 Å². The minimum Gasteiger partial charge on any atom is -0.481 e. The molecule has 2 aliphatic rings. The van der Waals surface area contributed by atoms with Crippen molar-refractivity contribution in [1.82, 2.24) is 10.2 Å². The molecule has 1 spiro atoms. The van der Waals surface area contributed by atoms with E-state index >= 15 is 0 Å². The number of rotatable bonds is 8. The van der Waals surface area contributed by atoms with Gasteiger partial charge in [0.1, 0.15) is 17.1 Å². The summed E-state index contributed by atoms with van der Waals surface area (Å²) in [7, 11) is 0. The van der Waals surface area contributed by atoms with E-state index in [1.807, 2.05) is 6.92 Å². The van der Waals surface area contributed by atoms with E-state index in [-0.39, 0.29) is 35.7 Å². The number of carboxylic acids is 1. The molecule has 226 valence electrons. The van der Waals surface area contributed by atoms with Crippen LogP contribution in [0.15, 0.2) is 53.5 Å². The van der Waals surface area contributed by atoms with Crippen LogP contribution in [0.3, 0.4) is 0 Å². The number of nitrogens with zero attached hydrogens (tertiary/aromatic N) is 2. The number of aliphatic imine (C=N–C) groups is 1. The molecule has 1 atom stereocenters. The molecule has 2 aromatic carbocycles. The zero-order valence-corrected chi connectivity index (χ0v) is 24.1. The van der Waals surface area contributed by atoms with Gasteiger partial charge in [-0.2, -0.15) is 0 Å². The van der Waals surface area contributed by atoms with E-state index < -0.39 is 29.9 Å². The van der Waals surface area contributed by atoms with Crippen LogP contribution in [0.1, 0.15) is 87.3 Å². The minimum atomic E-state index is -4.82. The topological polar surface area (TPSA) is 108 Å². The number of nitrogens with one attached hydrogen (secondary N) is 1. The standard InChI is InChI=1S/C31H36F3N3O5/c1-19(20-5-7-22(8-6-20)27(40)35-18-15-25(38)39)37-28(41)26(21-9-11-24(12-10-21)42-31(32,33)34)36-30(37)16-13-23(14-17-30)29(2,3)4/h5-12,19,23H,13-18H2,1-4H3,(H,35,40)(H,38,39)/t19-,23?,30?/m1/s1. The Morgan fingerprint density at radius 2 is 1.67 bits per heavy atom. The van der Waals surface area contributed by atoms with E-state index in [0.29, 0.717) is 29.9 Å². The molecule has 11 heteroatoms. The number of carbonyl (C=O) groups excluding carboxylic acids is 2. The second kappa shape index (κ2) is 11.8. The van der Waals surface area contributed by atoms with Crippen molar-refractivity contribution in [3.05, 3.63) is 65.2 Å². The summed E-state index contributed by atoms with van der Waals surface area (Å²) in [6.45, 7) is 8.52. The number of benzene rings is 2. The fourth-order valence-electron chi connectivity index (χ4n) is 5.90. The molecule has 1 heterocycles. The number of amides is 2. The molecule has 1 aliphatic carbocycles. The summed E-state index contributed by atoms with van der Waals surface area (Å²) < 4.78 is 42.0. The lowest BCUT2D eigenvalue weighted by molar-refractivity contribution is -0.274. The van der Waals surface area contributed by atoms with E-state index in [1.54, 1.807) is 29.2 Å². The zero-order chi connectivity index (χ0) is 30.9. The molecule has 8 nitrogen and oxygen atoms in total. The quantitative estimate of drug-likeness (QED) is 0.387. The van der Waals surface area contributed by atoms with Crippen molar-refractivity contribution in [2.75, 3.05) is 6.54 Å². The lowest BCUT2D eigenvalue weighted by Gasteiger charge is -2.46. The molecule has 1 fully saturated rings. The molecule has 0 bridgehead atoms. The van der Waals surface area contributed by atoms with Crippen LogP contribution in [0.5, 0.6) is 5.75 Å². The Morgan fingerprint density at radius 1 is 1.07 bits per heavy atom. The third-order valence-corrected chi connectivity index (χ3v) is 8.23. The summed E-state index contributed by atoms with van der Waals surface area (Å²) in [4.78, 5) is 43.9. The minimum absolute atomic E-state index is 0.0100. The van der Waals surface area contributed by atoms with Crippen molar-refractivity contribution in [3.8, 4) is 5.75 Å². The van der Waals surface area contributed by atoms with Crippen LogP contribution < -0.4 is 10.1 Å². The van der Waals surface area contributed by atoms with Gasteiger partial charge in [0.05, 0.1) is 12.5 Å². The van der Waals surface area contributed by atoms with E-state index in [2.05, 4.69) is 30.8 Å². The van der Waals surface area contributed by atoms with Crippen molar-refractivity contribution >= 4 is 23.5 Å². The first-order valence-corrected chi connectivity index (χ1v) is 14.0. The van der Waals surface area contributed by atoms with Crippen molar-refractivity contribution in [1.29, 1.82) is 0 Å². The largest absolute Gasteiger partial charge is 0.573 e. The van der Waals surface area contributed by atoms with Crippen LogP contribution in [0, 0.1) is 11.3 Å². The van der Waals surface area contributed by atoms with Gasteiger partial charge >= 0.3 is 12.3 Å². The predicted molar refractivity (Wildman–Crippen MR) is 150 cm³/mol. The molecule has 0 unspecified atom stereocenters. The fraction of sp³-hybridized carbons (Fsp3) is 0.484. The molecule has 42 heavy (non-hydrogen) atoms. The maximum absolute atomic E-state index is 14.0. The van der Waals surface area contributed by atoms with Crippen LogP contribution in [-0.4, -0.2) is 52.1 Å². The number of hydrogen-bond acceptors (Lipinski definition) is 5. The van der Waals surface area contributed by atoms with Crippen molar-refractivity contribution in [3.63, 3.8) is 0 Å². The molecule has 1 aliphatic heterocycles. The lowest BCUT2D eigenvalue weighted by atomic mass is 9.69. The molecular formula is C31H36F3N3O5. The Kier molecular flexibility index (Phi) is 8.71. The van der Waals surface area contributed by atoms with E-state index in [9.17, 15) is 27.6 Å². The molecule has 0 aromatic heterocycles. The maximum atomic E-state index is 14.0. The Bertz CT molecular complexity index is 1340. The molecule has 0 radical (unpaired) electrons. The molecule has 0 saturated heterocycles. The summed E-state index contributed by atoms with van der Waals surface area (Å²) in [6.07, 6.45) is -1.98. The summed E-state index contributed by atoms with van der Waals surface area (Å²) in [6, 6.07) is 11.6. The first-order valence-electron chi connectivity index (χ1n) is 14.0. The van der Waals surface area contributed by atoms with Crippen LogP contribution in [0.2, 0.25) is 0 Å². The number of aliphatic carboxylic acids is 1. The Balaban J connectivity index is 1.61. The van der Waals surface area contributed by atoms with E-state index in [0.717, 1.165) is 18.4 Å². The van der Waals surface area contributed by atoms with Gasteiger partial charge in [0.25, 0.3) is 11.8 Å². The lowest BCUT2D eigenvalue weighted by Crippen LogP contribution is -2.50. The SMILES string of the molecule is C[C@H](c1ccc(C(=O)NCCC(=O)O)cc1)N1C(=O)C(c2ccc(OC(F)(F)F)cc2)=NC12CCC(C(C)(C)C)CC2. The van der Waals surface area contributed by atoms with E-state index in [1.165, 1.54) is 24.3 Å². The summed E-state index contributed by atoms with van der Waals surface area (Å²) in [5, 5.41) is 11.4. The second-order valence-electron chi connectivity index (χ2n) is 12.0. The monoisotopic (exact) mass is 587 g/mol. The third-order valence-electron chi connectivity index (χ3n) is 8.23. The van der Waals surface area contributed by atoms with Gasteiger partial charge in [0.15, 0.2) is 0 Å². The molecule has 4 rings (SSSR count). The zero-order valence-electron chi connectivity index (χ0n) is 24.1. The van der Waals surface area contributed by atoms with Gasteiger partial charge < -0.3 is 20.1 Å². The average molecular weight is 588 g/mol. The first kappa shape index (κ1) is 31.1. The molecule has 2 amide bonds. The second-order valence-corrected chi connectivity index (χ2v) is 12.0. The summed E-state index contributed by atoms with van der Waals surface area (Å²) in [5.74, 6) is -1.64. The van der Waals surface area contributed by atoms with Crippen LogP contribution in [-0.2, 0) is 9.59 Å². The Morgan fingerprint density at radius 3 is 2.19 bits per heavy atom. The van der Waals surface area contributed by atoms with Gasteiger partial charge in [-0.1, -0.05) is 32.9 Å². The van der Waals surface area contributed by atoms with Gasteiger partial charge in [-0.05, 0) is 85.9 Å². The Labute approximate surface area is 243 Å². The highest BCUT2D eigenvalue weighted by molar-refractivity contribution is 6.46. The van der Waals surface area contributed by atoms with E-state index in [4.69, 9.17) is 10.1 Å². The summed E-state index contributed by atoms with van der Waals surface area (Å²) >= 11 is 0. The highest BCUT2D eigenvalue weighted by Gasteiger charge is 2.52. The number of halogens is 3. The maximum Gasteiger partial charge on any atom is 0.573 e. The highest BCUT2D eigenvalue weighted by atomic mass is 19.4. The van der Waals surface area contributed by atoms with Gasteiger partial charge in [-0.15, -0.1) is 13.2 Å². The van der Waals surface area contributed by atoms with Crippen LogP contribution in [0.25, 0.3) is 0 Å². The van der Waals surface area contributed by atoms with Gasteiger partial charge in [0.2, 0.25) is 0 Å².